The third kappa shape index (κ3) is 5.76. The highest BCUT2D eigenvalue weighted by atomic mass is 35.5. The first-order valence-corrected chi connectivity index (χ1v) is 15.4. The normalized spacial score (nSPS) is 23.8. The second-order valence-corrected chi connectivity index (χ2v) is 13.9. The number of aromatic nitrogens is 1. The van der Waals surface area contributed by atoms with Crippen molar-refractivity contribution in [3.05, 3.63) is 78.0 Å². The molecule has 10 nitrogen and oxygen atoms in total. The van der Waals surface area contributed by atoms with Crippen molar-refractivity contribution < 1.29 is 27.5 Å². The summed E-state index contributed by atoms with van der Waals surface area (Å²) in [6.45, 7) is 9.32. The summed E-state index contributed by atoms with van der Waals surface area (Å²) < 4.78 is 34.3. The van der Waals surface area contributed by atoms with E-state index < -0.39 is 56.8 Å². The highest BCUT2D eigenvalue weighted by Crippen LogP contribution is 2.46. The maximum Gasteiger partial charge on any atom is 0.410 e. The van der Waals surface area contributed by atoms with Crippen molar-refractivity contribution in [1.82, 2.24) is 19.9 Å². The van der Waals surface area contributed by atoms with Crippen LogP contribution in [0.15, 0.2) is 72.3 Å². The van der Waals surface area contributed by atoms with E-state index in [0.717, 1.165) is 5.56 Å². The van der Waals surface area contributed by atoms with Crippen molar-refractivity contribution in [1.29, 1.82) is 0 Å². The summed E-state index contributed by atoms with van der Waals surface area (Å²) in [5, 5.41) is 4.04. The van der Waals surface area contributed by atoms with Crippen molar-refractivity contribution in [3.63, 3.8) is 0 Å². The maximum absolute atomic E-state index is 13.9. The van der Waals surface area contributed by atoms with E-state index in [1.807, 2.05) is 0 Å². The van der Waals surface area contributed by atoms with Crippen LogP contribution < -0.4 is 10.0 Å². The number of fused-ring (bicyclic) bond motifs is 1. The second kappa shape index (κ2) is 10.8. The number of carbonyl (C=O) groups is 3. The molecule has 4 atom stereocenters. The Balaban J connectivity index is 1.39. The van der Waals surface area contributed by atoms with E-state index in [1.54, 1.807) is 69.4 Å². The molecule has 1 aromatic heterocycles. The molecule has 3 N–H and O–H groups in total. The van der Waals surface area contributed by atoms with Gasteiger partial charge in [-0.2, -0.15) is 0 Å². The van der Waals surface area contributed by atoms with E-state index in [0.29, 0.717) is 15.9 Å². The van der Waals surface area contributed by atoms with Gasteiger partial charge in [0.2, 0.25) is 5.91 Å². The van der Waals surface area contributed by atoms with Gasteiger partial charge in [-0.1, -0.05) is 41.9 Å². The maximum atomic E-state index is 13.9. The number of hydrogen-bond donors (Lipinski definition) is 3. The lowest BCUT2D eigenvalue weighted by atomic mass is 9.88. The Morgan fingerprint density at radius 1 is 1.12 bits per heavy atom. The number of hydrogen-bond acceptors (Lipinski definition) is 6. The van der Waals surface area contributed by atoms with Crippen LogP contribution >= 0.6 is 11.6 Å². The quantitative estimate of drug-likeness (QED) is 0.340. The van der Waals surface area contributed by atoms with Crippen LogP contribution in [-0.2, 0) is 24.3 Å². The van der Waals surface area contributed by atoms with Crippen LogP contribution in [-0.4, -0.2) is 60.4 Å². The number of halogens is 1. The molecule has 0 spiro atoms. The summed E-state index contributed by atoms with van der Waals surface area (Å²) in [4.78, 5) is 44.6. The predicted octanol–water partition coefficient (Wildman–Crippen LogP) is 4.34. The fourth-order valence-corrected chi connectivity index (χ4v) is 6.85. The number of likely N-dealkylation sites (tertiary alicyclic amines) is 1. The Bertz CT molecular complexity index is 1660. The van der Waals surface area contributed by atoms with Gasteiger partial charge in [-0.05, 0) is 57.0 Å². The van der Waals surface area contributed by atoms with Gasteiger partial charge >= 0.3 is 6.09 Å². The van der Waals surface area contributed by atoms with Crippen LogP contribution in [0.4, 0.5) is 4.79 Å². The molecule has 42 heavy (non-hydrogen) atoms. The molecule has 1 aliphatic heterocycles. The van der Waals surface area contributed by atoms with Crippen LogP contribution in [0.3, 0.4) is 0 Å². The zero-order chi connectivity index (χ0) is 30.4. The molecule has 0 bridgehead atoms. The smallest absolute Gasteiger partial charge is 0.410 e. The monoisotopic (exact) mass is 612 g/mol. The molecule has 2 fully saturated rings. The summed E-state index contributed by atoms with van der Waals surface area (Å²) in [5.74, 6) is -2.96. The van der Waals surface area contributed by atoms with Gasteiger partial charge in [0.25, 0.3) is 15.9 Å². The number of benzene rings is 2. The SMILES string of the molecule is C=CC1CC1(NC(=O)[C@H]1CN(C(=O)OC(C)(C)C)C[C@@H]1c1ccc(Cl)cc1)C(=O)NS(=O)(=O)c1cccc2cc[nH]c12. The number of H-pyrrole nitrogens is 1. The number of amides is 3. The number of rotatable bonds is 7. The number of nitrogens with one attached hydrogen (secondary N) is 3. The van der Waals surface area contributed by atoms with Crippen molar-refractivity contribution in [3.8, 4) is 0 Å². The van der Waals surface area contributed by atoms with Gasteiger partial charge in [0, 0.05) is 41.5 Å². The Morgan fingerprint density at radius 2 is 1.83 bits per heavy atom. The number of para-hydroxylation sites is 1. The fraction of sp³-hybridized carbons (Fsp3) is 0.367. The number of sulfonamides is 1. The molecule has 2 unspecified atom stereocenters. The van der Waals surface area contributed by atoms with Gasteiger partial charge in [-0.25, -0.2) is 17.9 Å². The second-order valence-electron chi connectivity index (χ2n) is 11.8. The summed E-state index contributed by atoms with van der Waals surface area (Å²) in [6, 6.07) is 13.5. The van der Waals surface area contributed by atoms with Crippen molar-refractivity contribution in [2.45, 2.75) is 49.1 Å². The van der Waals surface area contributed by atoms with Gasteiger partial charge in [-0.3, -0.25) is 9.59 Å². The molecule has 222 valence electrons. The zero-order valence-electron chi connectivity index (χ0n) is 23.5. The third-order valence-corrected chi connectivity index (χ3v) is 9.35. The Morgan fingerprint density at radius 3 is 2.48 bits per heavy atom. The van der Waals surface area contributed by atoms with Gasteiger partial charge in [0.15, 0.2) is 0 Å². The van der Waals surface area contributed by atoms with E-state index in [9.17, 15) is 22.8 Å². The summed E-state index contributed by atoms with van der Waals surface area (Å²) >= 11 is 6.09. The average Bonchev–Trinajstić information content (AvgIpc) is 3.24. The Hall–Kier alpha value is -3.83. The number of nitrogens with zero attached hydrogens (tertiary/aromatic N) is 1. The molecule has 3 aromatic rings. The Labute approximate surface area is 249 Å². The largest absolute Gasteiger partial charge is 0.444 e. The molecule has 1 saturated heterocycles. The molecule has 2 heterocycles. The minimum Gasteiger partial charge on any atom is -0.444 e. The summed E-state index contributed by atoms with van der Waals surface area (Å²) in [7, 11) is -4.28. The topological polar surface area (TPSA) is 138 Å². The van der Waals surface area contributed by atoms with Crippen LogP contribution in [0.25, 0.3) is 10.9 Å². The average molecular weight is 613 g/mol. The van der Waals surface area contributed by atoms with Gasteiger partial charge in [0.1, 0.15) is 16.0 Å². The van der Waals surface area contributed by atoms with Crippen molar-refractivity contribution in [2.24, 2.45) is 11.8 Å². The third-order valence-electron chi connectivity index (χ3n) is 7.72. The first-order valence-electron chi connectivity index (χ1n) is 13.6. The minimum absolute atomic E-state index is 0.0532. The molecule has 2 aromatic carbocycles. The number of ether oxygens (including phenoxy) is 1. The van der Waals surface area contributed by atoms with E-state index >= 15 is 0 Å². The lowest BCUT2D eigenvalue weighted by Gasteiger charge is -2.24. The molecule has 12 heteroatoms. The first kappa shape index (κ1) is 29.7. The predicted molar refractivity (Wildman–Crippen MR) is 158 cm³/mol. The Kier molecular flexibility index (Phi) is 7.61. The van der Waals surface area contributed by atoms with Crippen LogP contribution in [0.5, 0.6) is 0 Å². The van der Waals surface area contributed by atoms with Crippen molar-refractivity contribution >= 4 is 50.4 Å². The summed E-state index contributed by atoms with van der Waals surface area (Å²) in [6.07, 6.45) is 2.77. The zero-order valence-corrected chi connectivity index (χ0v) is 25.1. The molecule has 2 aliphatic rings. The molecule has 0 radical (unpaired) electrons. The van der Waals surface area contributed by atoms with Gasteiger partial charge < -0.3 is 19.9 Å². The number of aromatic amines is 1. The molecule has 1 aliphatic carbocycles. The molecular formula is C30H33ClN4O6S. The van der Waals surface area contributed by atoms with Crippen LogP contribution in [0.2, 0.25) is 5.02 Å². The van der Waals surface area contributed by atoms with Gasteiger partial charge in [0.05, 0.1) is 11.4 Å². The van der Waals surface area contributed by atoms with Gasteiger partial charge in [-0.15, -0.1) is 6.58 Å². The first-order chi connectivity index (χ1) is 19.7. The van der Waals surface area contributed by atoms with E-state index in [2.05, 4.69) is 21.6 Å². The molecule has 5 rings (SSSR count). The summed E-state index contributed by atoms with van der Waals surface area (Å²) in [5.41, 5.74) is -1.07. The number of carbonyl (C=O) groups excluding carboxylic acids is 3. The van der Waals surface area contributed by atoms with Crippen LogP contribution in [0, 0.1) is 11.8 Å². The van der Waals surface area contributed by atoms with E-state index in [-0.39, 0.29) is 24.4 Å². The highest BCUT2D eigenvalue weighted by molar-refractivity contribution is 7.90. The molecular weight excluding hydrogens is 580 g/mol. The fourth-order valence-electron chi connectivity index (χ4n) is 5.49. The molecule has 3 amide bonds. The van der Waals surface area contributed by atoms with Crippen LogP contribution in [0.1, 0.15) is 38.7 Å². The standard InChI is InChI=1S/C30H33ClN4O6S/c1-5-20-15-30(20,27(37)34-42(39,40)24-8-6-7-19-13-14-32-25(19)24)33-26(36)23-17-35(28(38)41-29(2,3)4)16-22(23)18-9-11-21(31)12-10-18/h5-14,20,22-23,32H,1,15-17H2,2-4H3,(H,33,36)(H,34,37)/t20?,22-,23+,30?/m1/s1. The lowest BCUT2D eigenvalue weighted by molar-refractivity contribution is -0.131. The van der Waals surface area contributed by atoms with Crippen molar-refractivity contribution in [2.75, 3.05) is 13.1 Å². The lowest BCUT2D eigenvalue weighted by Crippen LogP contribution is -2.53. The minimum atomic E-state index is -4.28. The van der Waals surface area contributed by atoms with E-state index in [1.165, 1.54) is 17.0 Å². The van der Waals surface area contributed by atoms with E-state index in [4.69, 9.17) is 16.3 Å². The molecule has 1 saturated carbocycles. The highest BCUT2D eigenvalue weighted by Gasteiger charge is 2.61.